The second-order valence-electron chi connectivity index (χ2n) is 9.00. The van der Waals surface area contributed by atoms with Crippen molar-refractivity contribution in [3.05, 3.63) is 95.1 Å². The molecular weight excluding hydrogens is 376 g/mol. The Bertz CT molecular complexity index is 1150. The van der Waals surface area contributed by atoms with Crippen molar-refractivity contribution >= 4 is 28.8 Å². The summed E-state index contributed by atoms with van der Waals surface area (Å²) in [7, 11) is 0. The molecule has 0 amide bonds. The molecule has 2 aliphatic rings. The third-order valence-electron chi connectivity index (χ3n) is 6.76. The maximum Gasteiger partial charge on any atom is 0.0661 e. The summed E-state index contributed by atoms with van der Waals surface area (Å²) in [5.74, 6) is 0.645. The van der Waals surface area contributed by atoms with E-state index in [2.05, 4.69) is 98.5 Å². The van der Waals surface area contributed by atoms with Gasteiger partial charge in [-0.05, 0) is 86.7 Å². The van der Waals surface area contributed by atoms with Crippen molar-refractivity contribution in [1.29, 1.82) is 0 Å². The van der Waals surface area contributed by atoms with Gasteiger partial charge in [-0.25, -0.2) is 0 Å². The van der Waals surface area contributed by atoms with E-state index in [-0.39, 0.29) is 0 Å². The van der Waals surface area contributed by atoms with Crippen LogP contribution in [0.4, 0.5) is 17.1 Å². The molecule has 2 heteroatoms. The molecule has 1 aliphatic heterocycles. The maximum atomic E-state index is 4.78. The number of aliphatic imine (C=N–C) groups is 1. The van der Waals surface area contributed by atoms with Crippen molar-refractivity contribution in [1.82, 2.24) is 0 Å². The third-order valence-corrected chi connectivity index (χ3v) is 6.76. The van der Waals surface area contributed by atoms with Crippen molar-refractivity contribution in [2.45, 2.75) is 52.0 Å². The zero-order chi connectivity index (χ0) is 21.4. The van der Waals surface area contributed by atoms with E-state index in [1.54, 1.807) is 0 Å². The molecule has 1 saturated carbocycles. The lowest BCUT2D eigenvalue weighted by atomic mass is 9.96. The number of nitrogens with zero attached hydrogens (tertiary/aromatic N) is 2. The standard InChI is InChI=1S/C29H30N2/c1-20-11-16-24(17-12-20)31-28-10-6-8-25(28)26-19-23(15-18-29(26)31)14-13-22(3)30-27-9-5-4-7-21(27)2/h4-5,7,9,11-19,25,28H,6,8,10H2,1-3H3/b14-13+,30-22?. The molecule has 156 valence electrons. The molecule has 2 nitrogen and oxygen atoms in total. The number of hydrogen-bond acceptors (Lipinski definition) is 2. The first-order valence-electron chi connectivity index (χ1n) is 11.4. The van der Waals surface area contributed by atoms with Gasteiger partial charge in [0.25, 0.3) is 0 Å². The van der Waals surface area contributed by atoms with Crippen molar-refractivity contribution in [2.24, 2.45) is 4.99 Å². The van der Waals surface area contributed by atoms with Gasteiger partial charge in [0.2, 0.25) is 0 Å². The van der Waals surface area contributed by atoms with Gasteiger partial charge in [0.1, 0.15) is 0 Å². The Labute approximate surface area is 186 Å². The van der Waals surface area contributed by atoms with Crippen LogP contribution in [0.3, 0.4) is 0 Å². The lowest BCUT2D eigenvalue weighted by molar-refractivity contribution is 0.642. The van der Waals surface area contributed by atoms with Gasteiger partial charge in [-0.15, -0.1) is 0 Å². The lowest BCUT2D eigenvalue weighted by Gasteiger charge is -2.27. The van der Waals surface area contributed by atoms with E-state index in [0.29, 0.717) is 12.0 Å². The van der Waals surface area contributed by atoms with Crippen LogP contribution in [0.1, 0.15) is 54.4 Å². The van der Waals surface area contributed by atoms with Crippen molar-refractivity contribution in [2.75, 3.05) is 4.90 Å². The van der Waals surface area contributed by atoms with Gasteiger partial charge in [-0.1, -0.05) is 54.5 Å². The number of allylic oxidation sites excluding steroid dienone is 1. The highest BCUT2D eigenvalue weighted by molar-refractivity contribution is 5.98. The van der Waals surface area contributed by atoms with Gasteiger partial charge >= 0.3 is 0 Å². The van der Waals surface area contributed by atoms with Crippen LogP contribution in [-0.4, -0.2) is 11.8 Å². The minimum Gasteiger partial charge on any atom is -0.338 e. The molecule has 0 radical (unpaired) electrons. The zero-order valence-corrected chi connectivity index (χ0v) is 18.7. The molecule has 1 heterocycles. The molecule has 0 spiro atoms. The zero-order valence-electron chi connectivity index (χ0n) is 18.7. The van der Waals surface area contributed by atoms with Crippen LogP contribution < -0.4 is 4.90 Å². The first-order chi connectivity index (χ1) is 15.1. The number of para-hydroxylation sites is 1. The Morgan fingerprint density at radius 3 is 2.58 bits per heavy atom. The molecule has 1 aliphatic carbocycles. The van der Waals surface area contributed by atoms with Crippen LogP contribution >= 0.6 is 0 Å². The molecule has 2 atom stereocenters. The highest BCUT2D eigenvalue weighted by Crippen LogP contribution is 2.52. The second-order valence-corrected chi connectivity index (χ2v) is 9.00. The van der Waals surface area contributed by atoms with Crippen LogP contribution in [0.25, 0.3) is 6.08 Å². The highest BCUT2D eigenvalue weighted by atomic mass is 15.2. The molecule has 3 aromatic carbocycles. The van der Waals surface area contributed by atoms with Gasteiger partial charge in [0, 0.05) is 29.0 Å². The summed E-state index contributed by atoms with van der Waals surface area (Å²) >= 11 is 0. The minimum atomic E-state index is 0.598. The summed E-state index contributed by atoms with van der Waals surface area (Å²) in [6, 6.07) is 24.9. The molecule has 31 heavy (non-hydrogen) atoms. The molecule has 3 aromatic rings. The Morgan fingerprint density at radius 2 is 1.77 bits per heavy atom. The molecule has 0 bridgehead atoms. The summed E-state index contributed by atoms with van der Waals surface area (Å²) in [4.78, 5) is 7.37. The fourth-order valence-electron chi connectivity index (χ4n) is 5.15. The minimum absolute atomic E-state index is 0.598. The molecule has 2 unspecified atom stereocenters. The Balaban J connectivity index is 1.44. The summed E-state index contributed by atoms with van der Waals surface area (Å²) < 4.78 is 0. The van der Waals surface area contributed by atoms with Crippen molar-refractivity contribution in [3.63, 3.8) is 0 Å². The first kappa shape index (κ1) is 19.8. The lowest BCUT2D eigenvalue weighted by Crippen LogP contribution is -2.26. The fourth-order valence-corrected chi connectivity index (χ4v) is 5.15. The van der Waals surface area contributed by atoms with Crippen LogP contribution in [0.15, 0.2) is 77.8 Å². The molecule has 5 rings (SSSR count). The third kappa shape index (κ3) is 3.83. The molecule has 0 saturated heterocycles. The van der Waals surface area contributed by atoms with Crippen LogP contribution in [0.5, 0.6) is 0 Å². The van der Waals surface area contributed by atoms with Gasteiger partial charge in [-0.3, -0.25) is 4.99 Å². The van der Waals surface area contributed by atoms with Gasteiger partial charge in [-0.2, -0.15) is 0 Å². The monoisotopic (exact) mass is 406 g/mol. The SMILES string of the molecule is CC(/C=C/c1ccc2c(c1)C1CCCC1N2c1ccc(C)cc1)=Nc1ccccc1C. The summed E-state index contributed by atoms with van der Waals surface area (Å²) in [5, 5.41) is 0. The number of fused-ring (bicyclic) bond motifs is 3. The summed E-state index contributed by atoms with van der Waals surface area (Å²) in [6.45, 7) is 6.33. The highest BCUT2D eigenvalue weighted by Gasteiger charge is 2.41. The van der Waals surface area contributed by atoms with Gasteiger partial charge < -0.3 is 4.90 Å². The number of rotatable bonds is 4. The predicted molar refractivity (Wildman–Crippen MR) is 133 cm³/mol. The Hall–Kier alpha value is -3.13. The molecule has 0 N–H and O–H groups in total. The van der Waals surface area contributed by atoms with E-state index in [0.717, 1.165) is 11.4 Å². The first-order valence-corrected chi connectivity index (χ1v) is 11.4. The normalized spacial score (nSPS) is 20.4. The quantitative estimate of drug-likeness (QED) is 0.402. The number of benzene rings is 3. The number of anilines is 2. The predicted octanol–water partition coefficient (Wildman–Crippen LogP) is 7.90. The largest absolute Gasteiger partial charge is 0.338 e. The number of aryl methyl sites for hydroxylation is 2. The second kappa shape index (κ2) is 8.19. The van der Waals surface area contributed by atoms with E-state index >= 15 is 0 Å². The summed E-state index contributed by atoms with van der Waals surface area (Å²) in [5.41, 5.74) is 10.1. The van der Waals surface area contributed by atoms with Crippen LogP contribution in [0, 0.1) is 13.8 Å². The van der Waals surface area contributed by atoms with Crippen LogP contribution in [0.2, 0.25) is 0 Å². The van der Waals surface area contributed by atoms with Gasteiger partial charge in [0.05, 0.1) is 5.69 Å². The number of hydrogen-bond donors (Lipinski definition) is 0. The summed E-state index contributed by atoms with van der Waals surface area (Å²) in [6.07, 6.45) is 8.23. The van der Waals surface area contributed by atoms with Crippen molar-refractivity contribution in [3.8, 4) is 0 Å². The average Bonchev–Trinajstić information content (AvgIpc) is 3.36. The topological polar surface area (TPSA) is 15.6 Å². The van der Waals surface area contributed by atoms with Crippen LogP contribution in [-0.2, 0) is 0 Å². The van der Waals surface area contributed by atoms with E-state index < -0.39 is 0 Å². The smallest absolute Gasteiger partial charge is 0.0661 e. The van der Waals surface area contributed by atoms with E-state index in [4.69, 9.17) is 4.99 Å². The molecule has 1 fully saturated rings. The van der Waals surface area contributed by atoms with E-state index in [1.165, 1.54) is 52.9 Å². The molecular formula is C29H30N2. The van der Waals surface area contributed by atoms with E-state index in [1.807, 2.05) is 6.07 Å². The van der Waals surface area contributed by atoms with Crippen molar-refractivity contribution < 1.29 is 0 Å². The Kier molecular flexibility index (Phi) is 5.23. The fraction of sp³-hybridized carbons (Fsp3) is 0.276. The van der Waals surface area contributed by atoms with E-state index in [9.17, 15) is 0 Å². The molecule has 0 aromatic heterocycles. The Morgan fingerprint density at radius 1 is 0.968 bits per heavy atom. The average molecular weight is 407 g/mol. The maximum absolute atomic E-state index is 4.78. The van der Waals surface area contributed by atoms with Gasteiger partial charge in [0.15, 0.2) is 0 Å².